The molecule has 0 unspecified atom stereocenters. The first-order valence-corrected chi connectivity index (χ1v) is 15.6. The third-order valence-corrected chi connectivity index (χ3v) is 6.46. The summed E-state index contributed by atoms with van der Waals surface area (Å²) in [4.78, 5) is 23.8. The number of rotatable bonds is 9. The van der Waals surface area contributed by atoms with Crippen LogP contribution < -0.4 is 20.1 Å². The second-order valence-electron chi connectivity index (χ2n) is 10.7. The highest BCUT2D eigenvalue weighted by molar-refractivity contribution is 5.93. The summed E-state index contributed by atoms with van der Waals surface area (Å²) in [5, 5.41) is 5.76. The lowest BCUT2D eigenvalue weighted by molar-refractivity contribution is -0.119. The molecule has 0 aliphatic carbocycles. The van der Waals surface area contributed by atoms with Crippen LogP contribution in [-0.2, 0) is 16.0 Å². The topological polar surface area (TPSA) is 76.7 Å². The fourth-order valence-corrected chi connectivity index (χ4v) is 4.03. The molecule has 2 amide bonds. The van der Waals surface area contributed by atoms with Crippen molar-refractivity contribution < 1.29 is 19.1 Å². The van der Waals surface area contributed by atoms with Crippen LogP contribution in [0.25, 0.3) is 0 Å². The van der Waals surface area contributed by atoms with Crippen molar-refractivity contribution in [2.45, 2.75) is 48.0 Å². The molecule has 5 aromatic rings. The highest BCUT2D eigenvalue weighted by Crippen LogP contribution is 2.26. The largest absolute Gasteiger partial charge is 0.457 e. The van der Waals surface area contributed by atoms with E-state index in [0.29, 0.717) is 17.9 Å². The fourth-order valence-electron chi connectivity index (χ4n) is 4.03. The number of hydrogen-bond acceptors (Lipinski definition) is 4. The van der Waals surface area contributed by atoms with Crippen molar-refractivity contribution >= 4 is 23.2 Å². The Hall–Kier alpha value is -5.36. The zero-order valence-corrected chi connectivity index (χ0v) is 27.5. The predicted octanol–water partition coefficient (Wildman–Crippen LogP) is 10.4. The predicted molar refractivity (Wildman–Crippen MR) is 189 cm³/mol. The summed E-state index contributed by atoms with van der Waals surface area (Å²) >= 11 is 0. The van der Waals surface area contributed by atoms with Crippen LogP contribution in [0.15, 0.2) is 127 Å². The quantitative estimate of drug-likeness (QED) is 0.173. The van der Waals surface area contributed by atoms with Crippen LogP contribution in [0.1, 0.15) is 44.4 Å². The zero-order chi connectivity index (χ0) is 33.3. The molecule has 2 N–H and O–H groups in total. The number of amides is 2. The first-order chi connectivity index (χ1) is 22.2. The molecule has 238 valence electrons. The third kappa shape index (κ3) is 12.3. The Labute approximate surface area is 273 Å². The van der Waals surface area contributed by atoms with Gasteiger partial charge < -0.3 is 20.1 Å². The van der Waals surface area contributed by atoms with Crippen LogP contribution in [-0.4, -0.2) is 11.8 Å². The molecule has 6 heteroatoms. The summed E-state index contributed by atoms with van der Waals surface area (Å²) < 4.78 is 11.6. The first-order valence-electron chi connectivity index (χ1n) is 15.6. The summed E-state index contributed by atoms with van der Waals surface area (Å²) in [6.45, 7) is 11.8. The van der Waals surface area contributed by atoms with Crippen LogP contribution >= 0.6 is 0 Å². The third-order valence-electron chi connectivity index (χ3n) is 6.46. The van der Waals surface area contributed by atoms with Gasteiger partial charge in [0.15, 0.2) is 0 Å². The van der Waals surface area contributed by atoms with Crippen molar-refractivity contribution in [1.29, 1.82) is 0 Å². The van der Waals surface area contributed by atoms with Crippen molar-refractivity contribution in [3.05, 3.63) is 144 Å². The number of carbonyl (C=O) groups is 2. The van der Waals surface area contributed by atoms with Crippen molar-refractivity contribution in [1.82, 2.24) is 0 Å². The molecule has 0 saturated heterocycles. The van der Waals surface area contributed by atoms with Gasteiger partial charge in [-0.1, -0.05) is 106 Å². The van der Waals surface area contributed by atoms with Crippen LogP contribution in [0.3, 0.4) is 0 Å². The second-order valence-corrected chi connectivity index (χ2v) is 10.7. The van der Waals surface area contributed by atoms with E-state index in [1.54, 1.807) is 0 Å². The van der Waals surface area contributed by atoms with Crippen LogP contribution in [0.5, 0.6) is 23.0 Å². The molecule has 0 aliphatic rings. The average molecular weight is 617 g/mol. The van der Waals surface area contributed by atoms with E-state index in [0.717, 1.165) is 28.4 Å². The Kier molecular flexibility index (Phi) is 14.1. The van der Waals surface area contributed by atoms with E-state index >= 15 is 0 Å². The lowest BCUT2D eigenvalue weighted by atomic mass is 10.1. The first kappa shape index (κ1) is 35.1. The van der Waals surface area contributed by atoms with Crippen molar-refractivity contribution in [3.63, 3.8) is 0 Å². The molecular weight excluding hydrogens is 572 g/mol. The summed E-state index contributed by atoms with van der Waals surface area (Å²) in [6.07, 6.45) is 0.351. The van der Waals surface area contributed by atoms with E-state index in [1.165, 1.54) is 11.1 Å². The number of aryl methyl sites for hydroxylation is 2. The summed E-state index contributed by atoms with van der Waals surface area (Å²) in [5.74, 6) is 2.85. The second kappa shape index (κ2) is 18.4. The van der Waals surface area contributed by atoms with Gasteiger partial charge in [0.1, 0.15) is 23.0 Å². The number of hydrogen-bond donors (Lipinski definition) is 2. The van der Waals surface area contributed by atoms with Gasteiger partial charge in [-0.2, -0.15) is 0 Å². The number of carbonyl (C=O) groups excluding carboxylic acids is 2. The molecule has 5 aromatic carbocycles. The van der Waals surface area contributed by atoms with Gasteiger partial charge >= 0.3 is 0 Å². The van der Waals surface area contributed by atoms with E-state index in [4.69, 9.17) is 9.47 Å². The molecule has 0 radical (unpaired) electrons. The Bertz CT molecular complexity index is 1650. The van der Waals surface area contributed by atoms with Gasteiger partial charge in [-0.15, -0.1) is 0 Å². The average Bonchev–Trinajstić information content (AvgIpc) is 3.05. The molecule has 46 heavy (non-hydrogen) atoms. The van der Waals surface area contributed by atoms with E-state index in [9.17, 15) is 9.59 Å². The number of ether oxygens (including phenoxy) is 2. The van der Waals surface area contributed by atoms with E-state index < -0.39 is 0 Å². The minimum atomic E-state index is -0.0475. The molecule has 0 aliphatic heterocycles. The minimum Gasteiger partial charge on any atom is -0.457 e. The SMILES string of the molecule is CC.Cc1ccc(Oc2cccc(NC(=O)C(C)C)c2)cc1.Cc1ccc(Oc2cccc(NC(=O)Cc3ccccc3)c2)cc1. The van der Waals surface area contributed by atoms with Crippen LogP contribution in [0, 0.1) is 19.8 Å². The molecule has 0 bridgehead atoms. The maximum absolute atomic E-state index is 12.1. The zero-order valence-electron chi connectivity index (χ0n) is 27.5. The van der Waals surface area contributed by atoms with Gasteiger partial charge in [0.05, 0.1) is 6.42 Å². The van der Waals surface area contributed by atoms with E-state index in [1.807, 2.05) is 169 Å². The lowest BCUT2D eigenvalue weighted by Crippen LogP contribution is -2.17. The van der Waals surface area contributed by atoms with Crippen molar-refractivity contribution in [2.24, 2.45) is 5.92 Å². The van der Waals surface area contributed by atoms with Gasteiger partial charge in [0, 0.05) is 29.4 Å². The van der Waals surface area contributed by atoms with E-state index in [-0.39, 0.29) is 17.7 Å². The van der Waals surface area contributed by atoms with Crippen LogP contribution in [0.2, 0.25) is 0 Å². The lowest BCUT2D eigenvalue weighted by Gasteiger charge is -2.10. The maximum Gasteiger partial charge on any atom is 0.228 e. The van der Waals surface area contributed by atoms with Gasteiger partial charge in [-0.3, -0.25) is 9.59 Å². The van der Waals surface area contributed by atoms with E-state index in [2.05, 4.69) is 10.6 Å². The van der Waals surface area contributed by atoms with Gasteiger partial charge in [0.25, 0.3) is 0 Å². The molecule has 0 fully saturated rings. The van der Waals surface area contributed by atoms with Crippen LogP contribution in [0.4, 0.5) is 11.4 Å². The molecule has 5 rings (SSSR count). The minimum absolute atomic E-state index is 0.00233. The molecule has 0 aromatic heterocycles. The van der Waals surface area contributed by atoms with Crippen molar-refractivity contribution in [3.8, 4) is 23.0 Å². The number of nitrogens with one attached hydrogen (secondary N) is 2. The molecule has 0 atom stereocenters. The fraction of sp³-hybridized carbons (Fsp3) is 0.200. The van der Waals surface area contributed by atoms with Gasteiger partial charge in [-0.05, 0) is 67.9 Å². The Morgan fingerprint density at radius 1 is 0.565 bits per heavy atom. The Morgan fingerprint density at radius 2 is 1.02 bits per heavy atom. The Balaban J connectivity index is 0.000000241. The highest BCUT2D eigenvalue weighted by Gasteiger charge is 2.08. The van der Waals surface area contributed by atoms with Gasteiger partial charge in [-0.25, -0.2) is 0 Å². The van der Waals surface area contributed by atoms with Crippen molar-refractivity contribution in [2.75, 3.05) is 10.6 Å². The number of benzene rings is 5. The Morgan fingerprint density at radius 3 is 1.48 bits per heavy atom. The maximum atomic E-state index is 12.1. The smallest absolute Gasteiger partial charge is 0.228 e. The summed E-state index contributed by atoms with van der Waals surface area (Å²) in [5.41, 5.74) is 4.83. The van der Waals surface area contributed by atoms with Gasteiger partial charge in [0.2, 0.25) is 11.8 Å². The summed E-state index contributed by atoms with van der Waals surface area (Å²) in [7, 11) is 0. The molecule has 0 saturated carbocycles. The monoisotopic (exact) mass is 616 g/mol. The molecule has 0 spiro atoms. The summed E-state index contributed by atoms with van der Waals surface area (Å²) in [6, 6.07) is 40.2. The molecular formula is C40H44N2O4. The molecule has 6 nitrogen and oxygen atoms in total. The number of anilines is 2. The standard InChI is InChI=1S/C21H19NO2.C17H19NO2.C2H6/c1-16-10-12-19(13-11-16)24-20-9-5-8-18(15-20)22-21(23)14-17-6-3-2-4-7-17;1-12(2)17(19)18-14-5-4-6-16(11-14)20-15-9-7-13(3)8-10-15;1-2/h2-13,15H,14H2,1H3,(H,22,23);4-12H,1-3H3,(H,18,19);1-2H3. The molecule has 0 heterocycles. The highest BCUT2D eigenvalue weighted by atomic mass is 16.5. The normalized spacial score (nSPS) is 9.98.